The largest absolute Gasteiger partial charge is 0.387 e. The Morgan fingerprint density at radius 3 is 2.64 bits per heavy atom. The van der Waals surface area contributed by atoms with Crippen molar-refractivity contribution in [3.8, 4) is 0 Å². The molecular formula is C31H48N10O3. The molecule has 0 aliphatic carbocycles. The summed E-state index contributed by atoms with van der Waals surface area (Å²) in [6.07, 6.45) is 3.96. The fourth-order valence-electron chi connectivity index (χ4n) is 5.99. The number of amides is 2. The molecule has 0 bridgehead atoms. The molecule has 44 heavy (non-hydrogen) atoms. The van der Waals surface area contributed by atoms with Crippen molar-refractivity contribution in [1.29, 1.82) is 0 Å². The molecule has 1 unspecified atom stereocenters. The van der Waals surface area contributed by atoms with Crippen LogP contribution in [0.3, 0.4) is 0 Å². The highest BCUT2D eigenvalue weighted by Gasteiger charge is 2.39. The van der Waals surface area contributed by atoms with E-state index >= 15 is 0 Å². The normalized spacial score (nSPS) is 19.6. The molecule has 1 atom stereocenters. The highest BCUT2D eigenvalue weighted by molar-refractivity contribution is 5.89. The summed E-state index contributed by atoms with van der Waals surface area (Å²) in [5, 5.41) is 17.6. The minimum Gasteiger partial charge on any atom is -0.387 e. The monoisotopic (exact) mass is 608 g/mol. The second-order valence-electron chi connectivity index (χ2n) is 13.0. The number of anilines is 3. The zero-order valence-corrected chi connectivity index (χ0v) is 26.3. The van der Waals surface area contributed by atoms with E-state index < -0.39 is 5.60 Å². The molecule has 4 heterocycles. The van der Waals surface area contributed by atoms with Gasteiger partial charge in [-0.05, 0) is 62.0 Å². The van der Waals surface area contributed by atoms with Gasteiger partial charge in [0, 0.05) is 45.0 Å². The lowest BCUT2D eigenvalue weighted by Gasteiger charge is -2.33. The van der Waals surface area contributed by atoms with Gasteiger partial charge in [0.05, 0.1) is 25.1 Å². The minimum absolute atomic E-state index is 0.0644. The van der Waals surface area contributed by atoms with Gasteiger partial charge in [-0.1, -0.05) is 32.9 Å². The number of β-amino-alcohol motifs (C(OH)–C–C–N with tert-alkyl or cyclic N) is 1. The highest BCUT2D eigenvalue weighted by atomic mass is 16.5. The van der Waals surface area contributed by atoms with E-state index in [1.165, 1.54) is 5.56 Å². The van der Waals surface area contributed by atoms with Crippen LogP contribution in [-0.2, 0) is 10.2 Å². The molecule has 2 aliphatic rings. The van der Waals surface area contributed by atoms with Crippen LogP contribution in [0.2, 0.25) is 0 Å². The first-order valence-electron chi connectivity index (χ1n) is 15.7. The van der Waals surface area contributed by atoms with Crippen molar-refractivity contribution in [2.75, 3.05) is 88.1 Å². The number of nitrogen functional groups attached to an aromatic ring is 1. The van der Waals surface area contributed by atoms with Gasteiger partial charge in [-0.15, -0.1) is 0 Å². The molecule has 0 saturated carbocycles. The van der Waals surface area contributed by atoms with Crippen LogP contribution in [-0.4, -0.2) is 119 Å². The lowest BCUT2D eigenvalue weighted by Crippen LogP contribution is -2.47. The Morgan fingerprint density at radius 2 is 1.89 bits per heavy atom. The Morgan fingerprint density at radius 1 is 1.14 bits per heavy atom. The lowest BCUT2D eigenvalue weighted by atomic mass is 9.87. The Bertz CT molecular complexity index is 1370. The molecule has 0 radical (unpaired) electrons. The average molecular weight is 609 g/mol. The molecule has 2 fully saturated rings. The maximum absolute atomic E-state index is 12.6. The number of aromatic nitrogens is 4. The summed E-state index contributed by atoms with van der Waals surface area (Å²) in [7, 11) is 0. The zero-order chi connectivity index (χ0) is 31.2. The predicted molar refractivity (Wildman–Crippen MR) is 173 cm³/mol. The van der Waals surface area contributed by atoms with Crippen molar-refractivity contribution in [3.63, 3.8) is 0 Å². The van der Waals surface area contributed by atoms with Crippen LogP contribution in [0, 0.1) is 0 Å². The van der Waals surface area contributed by atoms with E-state index in [-0.39, 0.29) is 17.4 Å². The van der Waals surface area contributed by atoms with Gasteiger partial charge in [0.25, 0.3) is 0 Å². The van der Waals surface area contributed by atoms with Gasteiger partial charge >= 0.3 is 6.03 Å². The molecule has 2 aromatic heterocycles. The summed E-state index contributed by atoms with van der Waals surface area (Å²) < 4.78 is 5.49. The van der Waals surface area contributed by atoms with Crippen LogP contribution in [0.5, 0.6) is 0 Å². The Hall–Kier alpha value is -3.52. The van der Waals surface area contributed by atoms with Gasteiger partial charge in [0.1, 0.15) is 5.52 Å². The number of nitrogens with one attached hydrogen (secondary N) is 3. The number of imidazole rings is 1. The molecular weight excluding hydrogens is 560 g/mol. The van der Waals surface area contributed by atoms with E-state index in [1.54, 1.807) is 6.33 Å². The van der Waals surface area contributed by atoms with Crippen molar-refractivity contribution in [1.82, 2.24) is 35.1 Å². The molecule has 3 aromatic rings. The fraction of sp³-hybridized carbons (Fsp3) is 0.613. The number of aliphatic hydroxyl groups is 1. The van der Waals surface area contributed by atoms with Crippen LogP contribution in [0.25, 0.3) is 11.2 Å². The predicted octanol–water partition coefficient (Wildman–Crippen LogP) is 2.41. The Kier molecular flexibility index (Phi) is 10.2. The molecule has 1 aromatic carbocycles. The number of rotatable bonds is 12. The van der Waals surface area contributed by atoms with Crippen LogP contribution in [0.15, 0.2) is 30.6 Å². The molecule has 2 aliphatic heterocycles. The third kappa shape index (κ3) is 8.56. The second-order valence-corrected chi connectivity index (χ2v) is 13.0. The summed E-state index contributed by atoms with van der Waals surface area (Å²) in [4.78, 5) is 35.4. The van der Waals surface area contributed by atoms with Crippen LogP contribution < -0.4 is 21.3 Å². The standard InChI is InChI=1S/C31H48N10O3/c1-30(2,3)23-6-8-24(9-7-23)36-29(42)33-11-4-12-40(14-5-13-39-16-18-44-19-17-39)20-31(43)10-15-41(21-31)27-25-26(35-22-34-25)37-28(32)38-27/h6-9,22,43H,4-5,10-21H2,1-3H3,(H2,33,36,42)(H3,32,34,35,37,38). The lowest BCUT2D eigenvalue weighted by molar-refractivity contribution is 0.0168. The molecule has 0 spiro atoms. The van der Waals surface area contributed by atoms with Gasteiger partial charge in [-0.3, -0.25) is 4.90 Å². The van der Waals surface area contributed by atoms with E-state index in [9.17, 15) is 9.90 Å². The second kappa shape index (κ2) is 14.1. The number of nitrogens with zero attached hydrogens (tertiary/aromatic N) is 6. The van der Waals surface area contributed by atoms with E-state index in [2.05, 4.69) is 78.2 Å². The number of benzene rings is 1. The molecule has 13 nitrogen and oxygen atoms in total. The molecule has 2 amide bonds. The number of ether oxygens (including phenoxy) is 1. The van der Waals surface area contributed by atoms with Gasteiger partial charge in [0.15, 0.2) is 11.5 Å². The smallest absolute Gasteiger partial charge is 0.319 e. The molecule has 240 valence electrons. The first kappa shape index (κ1) is 31.9. The van der Waals surface area contributed by atoms with Gasteiger partial charge < -0.3 is 41.0 Å². The van der Waals surface area contributed by atoms with Gasteiger partial charge in [-0.25, -0.2) is 9.78 Å². The molecule has 5 rings (SSSR count). The summed E-state index contributed by atoms with van der Waals surface area (Å²) in [6.45, 7) is 14.8. The summed E-state index contributed by atoms with van der Waals surface area (Å²) >= 11 is 0. The van der Waals surface area contributed by atoms with Crippen molar-refractivity contribution in [2.24, 2.45) is 0 Å². The van der Waals surface area contributed by atoms with E-state index in [0.29, 0.717) is 44.1 Å². The van der Waals surface area contributed by atoms with Crippen LogP contribution >= 0.6 is 0 Å². The number of nitrogens with two attached hydrogens (primary N) is 1. The van der Waals surface area contributed by atoms with Gasteiger partial charge in [0.2, 0.25) is 5.95 Å². The van der Waals surface area contributed by atoms with Crippen molar-refractivity contribution in [2.45, 2.75) is 51.0 Å². The maximum atomic E-state index is 12.6. The van der Waals surface area contributed by atoms with Crippen molar-refractivity contribution >= 4 is 34.6 Å². The third-order valence-electron chi connectivity index (χ3n) is 8.43. The summed E-state index contributed by atoms with van der Waals surface area (Å²) in [6, 6.07) is 7.77. The van der Waals surface area contributed by atoms with Crippen molar-refractivity contribution in [3.05, 3.63) is 36.2 Å². The number of H-pyrrole nitrogens is 1. The third-order valence-corrected chi connectivity index (χ3v) is 8.43. The Labute approximate surface area is 259 Å². The van der Waals surface area contributed by atoms with Gasteiger partial charge in [-0.2, -0.15) is 9.97 Å². The quantitative estimate of drug-likeness (QED) is 0.193. The molecule has 6 N–H and O–H groups in total. The zero-order valence-electron chi connectivity index (χ0n) is 26.3. The van der Waals surface area contributed by atoms with E-state index in [1.807, 2.05) is 12.1 Å². The average Bonchev–Trinajstić information content (AvgIpc) is 3.62. The maximum Gasteiger partial charge on any atom is 0.319 e. The molecule has 2 saturated heterocycles. The minimum atomic E-state index is -0.908. The summed E-state index contributed by atoms with van der Waals surface area (Å²) in [5.41, 5.74) is 8.34. The van der Waals surface area contributed by atoms with Crippen LogP contribution in [0.4, 0.5) is 22.2 Å². The van der Waals surface area contributed by atoms with Crippen LogP contribution in [0.1, 0.15) is 45.6 Å². The SMILES string of the molecule is CC(C)(C)c1ccc(NC(=O)NCCCN(CCCN2CCOCC2)CC2(O)CCN(c3nc(N)nc4nc[nH]c34)C2)cc1. The fourth-order valence-corrected chi connectivity index (χ4v) is 5.99. The van der Waals surface area contributed by atoms with E-state index in [4.69, 9.17) is 10.5 Å². The number of carbonyl (C=O) groups is 1. The van der Waals surface area contributed by atoms with E-state index in [0.717, 1.165) is 70.0 Å². The number of hydrogen-bond donors (Lipinski definition) is 5. The number of morpholine rings is 1. The first-order valence-corrected chi connectivity index (χ1v) is 15.7. The number of fused-ring (bicyclic) bond motifs is 1. The topological polar surface area (TPSA) is 161 Å². The highest BCUT2D eigenvalue weighted by Crippen LogP contribution is 2.30. The number of aromatic amines is 1. The number of urea groups is 1. The first-order chi connectivity index (χ1) is 21.1. The Balaban J connectivity index is 1.14. The number of carbonyl (C=O) groups excluding carboxylic acids is 1. The number of hydrogen-bond acceptors (Lipinski definition) is 10. The molecule has 13 heteroatoms. The summed E-state index contributed by atoms with van der Waals surface area (Å²) in [5.74, 6) is 0.835. The van der Waals surface area contributed by atoms with Crippen molar-refractivity contribution < 1.29 is 14.6 Å².